The Morgan fingerprint density at radius 2 is 2.03 bits per heavy atom. The number of aromatic hydroxyl groups is 1. The Balaban J connectivity index is 1.62. The van der Waals surface area contributed by atoms with Gasteiger partial charge in [0.05, 0.1) is 29.1 Å². The van der Waals surface area contributed by atoms with Crippen LogP contribution in [-0.4, -0.2) is 31.9 Å². The molecule has 32 heavy (non-hydrogen) atoms. The maximum Gasteiger partial charge on any atom is 0.253 e. The SMILES string of the molecule is CC[C@@H](Nc1c(Nc2ccc(Cl)c(S(=O)N3CCCO3)c2O)c(=O)c1=O)c1ccccn1. The molecular weight excluding hydrogens is 456 g/mol. The number of aromatic nitrogens is 1. The minimum Gasteiger partial charge on any atom is -0.504 e. The van der Waals surface area contributed by atoms with Crippen molar-refractivity contribution in [3.05, 3.63) is 67.7 Å². The second kappa shape index (κ2) is 9.37. The number of phenols is 1. The first-order valence-electron chi connectivity index (χ1n) is 10.0. The first-order valence-corrected chi connectivity index (χ1v) is 11.5. The summed E-state index contributed by atoms with van der Waals surface area (Å²) in [7, 11) is -1.85. The van der Waals surface area contributed by atoms with Crippen molar-refractivity contribution in [1.29, 1.82) is 0 Å². The summed E-state index contributed by atoms with van der Waals surface area (Å²) in [6, 6.07) is 8.07. The van der Waals surface area contributed by atoms with Crippen molar-refractivity contribution in [2.45, 2.75) is 30.7 Å². The molecule has 1 aliphatic heterocycles. The lowest BCUT2D eigenvalue weighted by molar-refractivity contribution is -0.0233. The number of halogens is 1. The fourth-order valence-corrected chi connectivity index (χ4v) is 4.92. The highest BCUT2D eigenvalue weighted by atomic mass is 35.5. The van der Waals surface area contributed by atoms with E-state index >= 15 is 0 Å². The van der Waals surface area contributed by atoms with Crippen LogP contribution in [0.5, 0.6) is 5.75 Å². The Morgan fingerprint density at radius 3 is 2.69 bits per heavy atom. The van der Waals surface area contributed by atoms with Crippen LogP contribution >= 0.6 is 11.6 Å². The van der Waals surface area contributed by atoms with Crippen LogP contribution in [0.15, 0.2) is 51.0 Å². The Morgan fingerprint density at radius 1 is 1.25 bits per heavy atom. The predicted octanol–water partition coefficient (Wildman–Crippen LogP) is 3.00. The van der Waals surface area contributed by atoms with Crippen LogP contribution in [-0.2, 0) is 15.8 Å². The van der Waals surface area contributed by atoms with Crippen molar-refractivity contribution >= 4 is 39.6 Å². The summed E-state index contributed by atoms with van der Waals surface area (Å²) in [4.78, 5) is 34.1. The van der Waals surface area contributed by atoms with E-state index in [9.17, 15) is 18.9 Å². The van der Waals surface area contributed by atoms with Gasteiger partial charge in [0.25, 0.3) is 10.9 Å². The lowest BCUT2D eigenvalue weighted by atomic mass is 10.1. The van der Waals surface area contributed by atoms with Crippen LogP contribution in [0.3, 0.4) is 0 Å². The van der Waals surface area contributed by atoms with E-state index in [2.05, 4.69) is 15.6 Å². The number of hydrogen-bond donors (Lipinski definition) is 3. The quantitative estimate of drug-likeness (QED) is 0.335. The smallest absolute Gasteiger partial charge is 0.253 e. The molecule has 3 aromatic rings. The van der Waals surface area contributed by atoms with Crippen LogP contribution < -0.4 is 21.5 Å². The molecule has 3 N–H and O–H groups in total. The van der Waals surface area contributed by atoms with E-state index in [1.165, 1.54) is 16.6 Å². The Hall–Kier alpha value is -2.79. The maximum atomic E-state index is 12.8. The molecule has 168 valence electrons. The van der Waals surface area contributed by atoms with Gasteiger partial charge >= 0.3 is 0 Å². The lowest BCUT2D eigenvalue weighted by Crippen LogP contribution is -2.37. The molecule has 0 bridgehead atoms. The van der Waals surface area contributed by atoms with Gasteiger partial charge in [0, 0.05) is 12.7 Å². The first kappa shape index (κ1) is 22.4. The standard InChI is InChI=1S/C21H21ClN4O5S/c1-2-13(14-6-3-4-9-23-14)24-16-17(20(29)19(16)28)25-15-8-7-12(22)21(18(15)27)32(30)26-10-5-11-31-26/h3-4,6-9,13,24-25,27H,2,5,10-11H2,1H3/t13-,32?/m1/s1. The molecule has 1 saturated heterocycles. The summed E-state index contributed by atoms with van der Waals surface area (Å²) in [6.45, 7) is 2.78. The second-order valence-corrected chi connectivity index (χ2v) is 8.88. The number of nitrogens with zero attached hydrogens (tertiary/aromatic N) is 2. The molecular formula is C21H21ClN4O5S. The zero-order valence-electron chi connectivity index (χ0n) is 17.1. The molecule has 0 aliphatic carbocycles. The van der Waals surface area contributed by atoms with Gasteiger partial charge in [-0.2, -0.15) is 0 Å². The molecule has 4 rings (SSSR count). The van der Waals surface area contributed by atoms with Crippen molar-refractivity contribution < 1.29 is 14.2 Å². The molecule has 1 fully saturated rings. The minimum absolute atomic E-state index is 0.0103. The lowest BCUT2D eigenvalue weighted by Gasteiger charge is -2.22. The van der Waals surface area contributed by atoms with Crippen LogP contribution in [0, 0.1) is 0 Å². The predicted molar refractivity (Wildman–Crippen MR) is 122 cm³/mol. The molecule has 9 nitrogen and oxygen atoms in total. The number of rotatable bonds is 8. The van der Waals surface area contributed by atoms with Gasteiger partial charge < -0.3 is 15.7 Å². The van der Waals surface area contributed by atoms with Crippen molar-refractivity contribution in [3.63, 3.8) is 0 Å². The number of pyridine rings is 1. The number of anilines is 3. The second-order valence-electron chi connectivity index (χ2n) is 7.16. The van der Waals surface area contributed by atoms with Crippen molar-refractivity contribution in [1.82, 2.24) is 9.45 Å². The van der Waals surface area contributed by atoms with Crippen LogP contribution in [0.1, 0.15) is 31.5 Å². The summed E-state index contributed by atoms with van der Waals surface area (Å²) in [5.41, 5.74) is -0.443. The minimum atomic E-state index is -1.85. The number of hydroxylamine groups is 1. The number of hydrogen-bond acceptors (Lipinski definition) is 8. The van der Waals surface area contributed by atoms with Crippen LogP contribution in [0.2, 0.25) is 5.02 Å². The van der Waals surface area contributed by atoms with Crippen molar-refractivity contribution in [2.75, 3.05) is 23.8 Å². The summed E-state index contributed by atoms with van der Waals surface area (Å²) < 4.78 is 14.1. The van der Waals surface area contributed by atoms with E-state index in [4.69, 9.17) is 16.4 Å². The summed E-state index contributed by atoms with van der Waals surface area (Å²) in [5.74, 6) is -0.387. The molecule has 1 unspecified atom stereocenters. The average Bonchev–Trinajstić information content (AvgIpc) is 3.35. The summed E-state index contributed by atoms with van der Waals surface area (Å²) in [5, 5.41) is 16.7. The van der Waals surface area contributed by atoms with E-state index in [1.807, 2.05) is 19.1 Å². The summed E-state index contributed by atoms with van der Waals surface area (Å²) >= 11 is 6.18. The van der Waals surface area contributed by atoms with E-state index in [0.29, 0.717) is 26.0 Å². The monoisotopic (exact) mass is 476 g/mol. The fourth-order valence-electron chi connectivity index (χ4n) is 3.40. The molecule has 0 saturated carbocycles. The first-order chi connectivity index (χ1) is 15.4. The van der Waals surface area contributed by atoms with E-state index in [-0.39, 0.29) is 38.8 Å². The highest BCUT2D eigenvalue weighted by Crippen LogP contribution is 2.39. The van der Waals surface area contributed by atoms with E-state index < -0.39 is 21.8 Å². The third-order valence-corrected chi connectivity index (χ3v) is 6.95. The Labute approximate surface area is 191 Å². The Kier molecular flexibility index (Phi) is 6.56. The normalized spacial score (nSPS) is 16.2. The number of nitrogens with one attached hydrogen (secondary N) is 2. The molecule has 11 heteroatoms. The largest absolute Gasteiger partial charge is 0.504 e. The molecule has 1 aliphatic rings. The zero-order chi connectivity index (χ0) is 22.8. The van der Waals surface area contributed by atoms with Gasteiger partial charge in [0.2, 0.25) is 0 Å². The zero-order valence-corrected chi connectivity index (χ0v) is 18.7. The van der Waals surface area contributed by atoms with Gasteiger partial charge in [-0.15, -0.1) is 4.47 Å². The molecule has 0 radical (unpaired) electrons. The number of phenolic OH excluding ortho intramolecular Hbond substituents is 1. The van der Waals surface area contributed by atoms with Gasteiger partial charge in [0.15, 0.2) is 16.7 Å². The molecule has 0 amide bonds. The topological polar surface area (TPSA) is 121 Å². The van der Waals surface area contributed by atoms with E-state index in [0.717, 1.165) is 5.69 Å². The third kappa shape index (κ3) is 4.14. The van der Waals surface area contributed by atoms with Gasteiger partial charge in [0.1, 0.15) is 16.3 Å². The maximum absolute atomic E-state index is 12.8. The van der Waals surface area contributed by atoms with Gasteiger partial charge in [-0.25, -0.2) is 4.21 Å². The number of benzene rings is 1. The van der Waals surface area contributed by atoms with Crippen molar-refractivity contribution in [3.8, 4) is 5.75 Å². The molecule has 0 spiro atoms. The molecule has 2 atom stereocenters. The fraction of sp³-hybridized carbons (Fsp3) is 0.286. The highest BCUT2D eigenvalue weighted by molar-refractivity contribution is 7.82. The van der Waals surface area contributed by atoms with Gasteiger partial charge in [-0.05, 0) is 37.1 Å². The third-order valence-electron chi connectivity index (χ3n) is 5.10. The van der Waals surface area contributed by atoms with Crippen LogP contribution in [0.4, 0.5) is 17.1 Å². The van der Waals surface area contributed by atoms with Crippen LogP contribution in [0.25, 0.3) is 0 Å². The molecule has 2 heterocycles. The molecule has 2 aromatic carbocycles. The summed E-state index contributed by atoms with van der Waals surface area (Å²) in [6.07, 6.45) is 2.98. The Bertz CT molecular complexity index is 1220. The van der Waals surface area contributed by atoms with Gasteiger partial charge in [-0.3, -0.25) is 19.4 Å². The highest BCUT2D eigenvalue weighted by Gasteiger charge is 2.29. The average molecular weight is 477 g/mol. The molecule has 1 aromatic heterocycles. The van der Waals surface area contributed by atoms with Gasteiger partial charge in [-0.1, -0.05) is 24.6 Å². The van der Waals surface area contributed by atoms with Crippen molar-refractivity contribution in [2.24, 2.45) is 0 Å². The van der Waals surface area contributed by atoms with E-state index in [1.54, 1.807) is 12.3 Å².